The highest BCUT2D eigenvalue weighted by molar-refractivity contribution is 5.91. The summed E-state index contributed by atoms with van der Waals surface area (Å²) >= 11 is 0. The Morgan fingerprint density at radius 3 is 2.65 bits per heavy atom. The van der Waals surface area contributed by atoms with Crippen molar-refractivity contribution in [2.45, 2.75) is 40.2 Å². The van der Waals surface area contributed by atoms with E-state index >= 15 is 0 Å². The molecule has 0 radical (unpaired) electrons. The lowest BCUT2D eigenvalue weighted by molar-refractivity contribution is -0.118. The molecule has 20 heavy (non-hydrogen) atoms. The number of nitrogens with zero attached hydrogens (tertiary/aromatic N) is 3. The second-order valence-electron chi connectivity index (χ2n) is 6.44. The highest BCUT2D eigenvalue weighted by atomic mass is 16.2. The zero-order valence-electron chi connectivity index (χ0n) is 13.0. The fraction of sp³-hybridized carbons (Fsp3) is 0.733. The molecule has 1 aliphatic heterocycles. The predicted molar refractivity (Wildman–Crippen MR) is 80.6 cm³/mol. The van der Waals surface area contributed by atoms with Crippen LogP contribution in [0.5, 0.6) is 0 Å². The van der Waals surface area contributed by atoms with Crippen LogP contribution in [0, 0.1) is 11.8 Å². The molecule has 1 N–H and O–H groups in total. The molecular formula is C15H26N4O. The molecular weight excluding hydrogens is 252 g/mol. The Labute approximate surface area is 121 Å². The van der Waals surface area contributed by atoms with Crippen molar-refractivity contribution in [2.75, 3.05) is 25.0 Å². The Morgan fingerprint density at radius 2 is 2.05 bits per heavy atom. The van der Waals surface area contributed by atoms with Gasteiger partial charge in [-0.15, -0.1) is 0 Å². The summed E-state index contributed by atoms with van der Waals surface area (Å²) in [5.74, 6) is 2.18. The number of likely N-dealkylation sites (tertiary alicyclic amines) is 1. The zero-order valence-corrected chi connectivity index (χ0v) is 13.0. The number of nitrogens with one attached hydrogen (secondary N) is 1. The second kappa shape index (κ2) is 6.39. The number of hydrogen-bond donors (Lipinski definition) is 1. The first kappa shape index (κ1) is 15.0. The molecule has 1 fully saturated rings. The molecule has 5 nitrogen and oxygen atoms in total. The van der Waals surface area contributed by atoms with Crippen LogP contribution in [-0.2, 0) is 4.79 Å². The minimum Gasteiger partial charge on any atom is -0.310 e. The van der Waals surface area contributed by atoms with Gasteiger partial charge in [-0.3, -0.25) is 9.69 Å². The summed E-state index contributed by atoms with van der Waals surface area (Å²) in [5, 5.41) is 7.20. The fourth-order valence-electron chi connectivity index (χ4n) is 3.13. The molecule has 1 aromatic heterocycles. The molecule has 1 aromatic rings. The molecule has 0 aromatic carbocycles. The maximum absolute atomic E-state index is 12.2. The van der Waals surface area contributed by atoms with Gasteiger partial charge in [-0.05, 0) is 32.1 Å². The Balaban J connectivity index is 1.90. The molecule has 112 valence electrons. The van der Waals surface area contributed by atoms with Crippen molar-refractivity contribution in [1.82, 2.24) is 14.7 Å². The molecule has 2 heterocycles. The summed E-state index contributed by atoms with van der Waals surface area (Å²) in [6, 6.07) is 2.09. The van der Waals surface area contributed by atoms with E-state index in [0.29, 0.717) is 18.4 Å². The van der Waals surface area contributed by atoms with Gasteiger partial charge in [0.15, 0.2) is 0 Å². The minimum absolute atomic E-state index is 0.0497. The third kappa shape index (κ3) is 3.82. The van der Waals surface area contributed by atoms with Gasteiger partial charge in [-0.2, -0.15) is 5.10 Å². The highest BCUT2D eigenvalue weighted by Crippen LogP contribution is 2.20. The zero-order chi connectivity index (χ0) is 14.7. The van der Waals surface area contributed by atoms with Gasteiger partial charge in [-0.25, -0.2) is 4.68 Å². The number of hydrogen-bond acceptors (Lipinski definition) is 3. The van der Waals surface area contributed by atoms with Gasteiger partial charge in [0.2, 0.25) is 5.91 Å². The Bertz CT molecular complexity index is 444. The van der Waals surface area contributed by atoms with Crippen LogP contribution in [0.2, 0.25) is 0 Å². The van der Waals surface area contributed by atoms with Gasteiger partial charge in [0.25, 0.3) is 0 Å². The van der Waals surface area contributed by atoms with Gasteiger partial charge >= 0.3 is 0 Å². The molecule has 1 aliphatic rings. The van der Waals surface area contributed by atoms with Crippen molar-refractivity contribution >= 4 is 11.7 Å². The number of rotatable bonds is 4. The molecule has 1 saturated heterocycles. The molecule has 2 rings (SSSR count). The first-order valence-corrected chi connectivity index (χ1v) is 7.51. The van der Waals surface area contributed by atoms with Crippen LogP contribution in [0.3, 0.4) is 0 Å². The molecule has 5 heteroatoms. The molecule has 2 atom stereocenters. The van der Waals surface area contributed by atoms with Crippen molar-refractivity contribution in [3.63, 3.8) is 0 Å². The average molecular weight is 278 g/mol. The van der Waals surface area contributed by atoms with E-state index in [9.17, 15) is 4.79 Å². The number of aromatic nitrogens is 2. The number of anilines is 1. The van der Waals surface area contributed by atoms with Crippen molar-refractivity contribution in [3.8, 4) is 0 Å². The van der Waals surface area contributed by atoms with Crippen molar-refractivity contribution in [2.24, 2.45) is 11.8 Å². The van der Waals surface area contributed by atoms with Crippen molar-refractivity contribution in [3.05, 3.63) is 12.3 Å². The smallest absolute Gasteiger partial charge is 0.239 e. The van der Waals surface area contributed by atoms with Crippen LogP contribution in [0.4, 0.5) is 5.82 Å². The van der Waals surface area contributed by atoms with Gasteiger partial charge in [0.1, 0.15) is 5.82 Å². The minimum atomic E-state index is 0.0497. The average Bonchev–Trinajstić information content (AvgIpc) is 2.75. The largest absolute Gasteiger partial charge is 0.310 e. The summed E-state index contributed by atoms with van der Waals surface area (Å²) < 4.78 is 1.83. The van der Waals surface area contributed by atoms with Gasteiger partial charge in [-0.1, -0.05) is 13.8 Å². The second-order valence-corrected chi connectivity index (χ2v) is 6.44. The van der Waals surface area contributed by atoms with Crippen LogP contribution < -0.4 is 5.32 Å². The number of amides is 1. The Kier molecular flexibility index (Phi) is 4.81. The van der Waals surface area contributed by atoms with E-state index in [1.165, 1.54) is 6.42 Å². The lowest BCUT2D eigenvalue weighted by Crippen LogP contribution is -2.43. The molecule has 0 unspecified atom stereocenters. The molecule has 0 aliphatic carbocycles. The predicted octanol–water partition coefficient (Wildman–Crippen LogP) is 2.38. The van der Waals surface area contributed by atoms with Crippen LogP contribution in [0.15, 0.2) is 12.3 Å². The standard InChI is InChI=1S/C15H26N4O/c1-11(2)19-14(5-6-16-19)17-15(20)10-18-8-12(3)7-13(4)9-18/h5-6,11-13H,7-10H2,1-4H3,(H,17,20)/t12-,13-/m0/s1. The van der Waals surface area contributed by atoms with Gasteiger partial charge in [0, 0.05) is 25.2 Å². The first-order chi connectivity index (χ1) is 9.45. The Morgan fingerprint density at radius 1 is 1.40 bits per heavy atom. The maximum Gasteiger partial charge on any atom is 0.239 e. The molecule has 1 amide bonds. The number of piperidine rings is 1. The normalized spacial score (nSPS) is 24.1. The molecule has 0 saturated carbocycles. The topological polar surface area (TPSA) is 50.2 Å². The lowest BCUT2D eigenvalue weighted by atomic mass is 9.92. The molecule has 0 bridgehead atoms. The SMILES string of the molecule is CC(C)n1nccc1NC(=O)CN1C[C@@H](C)C[C@H](C)C1. The van der Waals surface area contributed by atoms with Crippen LogP contribution in [-0.4, -0.2) is 40.2 Å². The first-order valence-electron chi connectivity index (χ1n) is 7.51. The van der Waals surface area contributed by atoms with Crippen molar-refractivity contribution < 1.29 is 4.79 Å². The monoisotopic (exact) mass is 278 g/mol. The summed E-state index contributed by atoms with van der Waals surface area (Å²) in [7, 11) is 0. The van der Waals surface area contributed by atoms with Gasteiger partial charge in [0.05, 0.1) is 12.7 Å². The highest BCUT2D eigenvalue weighted by Gasteiger charge is 2.23. The van der Waals surface area contributed by atoms with E-state index < -0.39 is 0 Å². The Hall–Kier alpha value is -1.36. The molecule has 0 spiro atoms. The lowest BCUT2D eigenvalue weighted by Gasteiger charge is -2.34. The van der Waals surface area contributed by atoms with E-state index in [0.717, 1.165) is 18.9 Å². The van der Waals surface area contributed by atoms with E-state index in [-0.39, 0.29) is 11.9 Å². The van der Waals surface area contributed by atoms with Crippen molar-refractivity contribution in [1.29, 1.82) is 0 Å². The third-order valence-electron chi connectivity index (χ3n) is 3.74. The maximum atomic E-state index is 12.2. The summed E-state index contributed by atoms with van der Waals surface area (Å²) in [5.41, 5.74) is 0. The fourth-order valence-corrected chi connectivity index (χ4v) is 3.13. The van der Waals surface area contributed by atoms with E-state index in [1.807, 2.05) is 10.7 Å². The van der Waals surface area contributed by atoms with E-state index in [4.69, 9.17) is 0 Å². The van der Waals surface area contributed by atoms with Crippen LogP contribution in [0.25, 0.3) is 0 Å². The van der Waals surface area contributed by atoms with E-state index in [1.54, 1.807) is 6.20 Å². The van der Waals surface area contributed by atoms with Gasteiger partial charge < -0.3 is 5.32 Å². The third-order valence-corrected chi connectivity index (χ3v) is 3.74. The van der Waals surface area contributed by atoms with Crippen LogP contribution in [0.1, 0.15) is 40.2 Å². The van der Waals surface area contributed by atoms with Crippen LogP contribution >= 0.6 is 0 Å². The van der Waals surface area contributed by atoms with E-state index in [2.05, 4.69) is 43.0 Å². The summed E-state index contributed by atoms with van der Waals surface area (Å²) in [4.78, 5) is 14.4. The summed E-state index contributed by atoms with van der Waals surface area (Å²) in [6.07, 6.45) is 2.99. The number of carbonyl (C=O) groups is 1. The number of carbonyl (C=O) groups excluding carboxylic acids is 1. The quantitative estimate of drug-likeness (QED) is 0.920. The summed E-state index contributed by atoms with van der Waals surface area (Å²) in [6.45, 7) is 11.1.